The van der Waals surface area contributed by atoms with Crippen LogP contribution >= 0.6 is 11.8 Å². The monoisotopic (exact) mass is 278 g/mol. The van der Waals surface area contributed by atoms with Gasteiger partial charge < -0.3 is 9.47 Å². The topological polar surface area (TPSA) is 18.5 Å². The molecule has 0 amide bonds. The average molecular weight is 278 g/mol. The molecule has 1 saturated carbocycles. The van der Waals surface area contributed by atoms with Crippen LogP contribution in [0.4, 0.5) is 0 Å². The van der Waals surface area contributed by atoms with Crippen molar-refractivity contribution >= 4 is 11.8 Å². The van der Waals surface area contributed by atoms with Crippen LogP contribution in [0.2, 0.25) is 0 Å². The van der Waals surface area contributed by atoms with Crippen LogP contribution in [0.1, 0.15) is 43.6 Å². The largest absolute Gasteiger partial charge is 0.493 e. The van der Waals surface area contributed by atoms with Crippen molar-refractivity contribution in [3.05, 3.63) is 23.8 Å². The van der Waals surface area contributed by atoms with Crippen molar-refractivity contribution in [2.45, 2.75) is 44.1 Å². The van der Waals surface area contributed by atoms with E-state index in [0.29, 0.717) is 12.0 Å². The van der Waals surface area contributed by atoms with Crippen LogP contribution in [-0.2, 0) is 0 Å². The minimum Gasteiger partial charge on any atom is -0.493 e. The number of methoxy groups -OCH3 is 1. The van der Waals surface area contributed by atoms with Gasteiger partial charge in [-0.3, -0.25) is 0 Å². The van der Waals surface area contributed by atoms with Crippen LogP contribution in [0.5, 0.6) is 11.5 Å². The third-order valence-corrected chi connectivity index (χ3v) is 5.35. The van der Waals surface area contributed by atoms with Crippen LogP contribution in [0.3, 0.4) is 0 Å². The lowest BCUT2D eigenvalue weighted by Crippen LogP contribution is -2.12. The molecule has 3 heteroatoms. The van der Waals surface area contributed by atoms with Crippen molar-refractivity contribution in [2.24, 2.45) is 0 Å². The molecule has 1 aromatic rings. The van der Waals surface area contributed by atoms with Gasteiger partial charge in [0.2, 0.25) is 0 Å². The molecule has 1 atom stereocenters. The first-order valence-corrected chi connectivity index (χ1v) is 8.44. The summed E-state index contributed by atoms with van der Waals surface area (Å²) in [5, 5.41) is 0. The van der Waals surface area contributed by atoms with Crippen molar-refractivity contribution in [3.63, 3.8) is 0 Å². The first-order valence-electron chi connectivity index (χ1n) is 7.29. The lowest BCUT2D eigenvalue weighted by Gasteiger charge is -2.18. The summed E-state index contributed by atoms with van der Waals surface area (Å²) in [5.41, 5.74) is 1.42. The number of thioether (sulfide) groups is 1. The SMILES string of the molecule is COc1ccc(C2CCSC2)cc1OC1CCCC1. The molecule has 1 aliphatic heterocycles. The predicted octanol–water partition coefficient (Wildman–Crippen LogP) is 4.24. The molecule has 2 fully saturated rings. The highest BCUT2D eigenvalue weighted by molar-refractivity contribution is 7.99. The molecule has 1 aromatic carbocycles. The molecule has 1 heterocycles. The van der Waals surface area contributed by atoms with E-state index >= 15 is 0 Å². The fraction of sp³-hybridized carbons (Fsp3) is 0.625. The van der Waals surface area contributed by atoms with Crippen molar-refractivity contribution in [2.75, 3.05) is 18.6 Å². The summed E-state index contributed by atoms with van der Waals surface area (Å²) < 4.78 is 11.6. The molecule has 2 aliphatic rings. The van der Waals surface area contributed by atoms with Gasteiger partial charge in [-0.15, -0.1) is 0 Å². The lowest BCUT2D eigenvalue weighted by molar-refractivity contribution is 0.200. The van der Waals surface area contributed by atoms with Crippen LogP contribution < -0.4 is 9.47 Å². The summed E-state index contributed by atoms with van der Waals surface area (Å²) in [6.45, 7) is 0. The molecule has 1 unspecified atom stereocenters. The third-order valence-electron chi connectivity index (χ3n) is 4.18. The number of hydrogen-bond donors (Lipinski definition) is 0. The molecule has 0 spiro atoms. The van der Waals surface area contributed by atoms with Crippen LogP contribution in [0.15, 0.2) is 18.2 Å². The van der Waals surface area contributed by atoms with Gasteiger partial charge in [-0.05, 0) is 61.5 Å². The number of ether oxygens (including phenoxy) is 2. The summed E-state index contributed by atoms with van der Waals surface area (Å²) in [4.78, 5) is 0. The van der Waals surface area contributed by atoms with Gasteiger partial charge in [-0.1, -0.05) is 6.07 Å². The number of hydrogen-bond acceptors (Lipinski definition) is 3. The smallest absolute Gasteiger partial charge is 0.161 e. The Balaban J connectivity index is 1.79. The van der Waals surface area contributed by atoms with Gasteiger partial charge >= 0.3 is 0 Å². The molecule has 0 radical (unpaired) electrons. The van der Waals surface area contributed by atoms with E-state index in [2.05, 4.69) is 30.0 Å². The van der Waals surface area contributed by atoms with Gasteiger partial charge in [0.25, 0.3) is 0 Å². The van der Waals surface area contributed by atoms with E-state index in [9.17, 15) is 0 Å². The van der Waals surface area contributed by atoms with Crippen LogP contribution in [0.25, 0.3) is 0 Å². The van der Waals surface area contributed by atoms with Gasteiger partial charge in [0.1, 0.15) is 0 Å². The Morgan fingerprint density at radius 1 is 1.11 bits per heavy atom. The lowest BCUT2D eigenvalue weighted by atomic mass is 9.98. The fourth-order valence-electron chi connectivity index (χ4n) is 3.02. The zero-order valence-electron chi connectivity index (χ0n) is 11.6. The molecule has 0 aromatic heterocycles. The average Bonchev–Trinajstić information content (AvgIpc) is 3.11. The van der Waals surface area contributed by atoms with Gasteiger partial charge in [0.15, 0.2) is 11.5 Å². The van der Waals surface area contributed by atoms with E-state index < -0.39 is 0 Å². The molecular weight excluding hydrogens is 256 g/mol. The second kappa shape index (κ2) is 6.08. The maximum absolute atomic E-state index is 6.17. The van der Waals surface area contributed by atoms with Crippen molar-refractivity contribution < 1.29 is 9.47 Å². The van der Waals surface area contributed by atoms with E-state index in [1.165, 1.54) is 49.2 Å². The molecule has 1 aliphatic carbocycles. The molecule has 1 saturated heterocycles. The normalized spacial score (nSPS) is 23.7. The second-order valence-corrected chi connectivity index (χ2v) is 6.64. The Bertz CT molecular complexity index is 421. The Kier molecular flexibility index (Phi) is 4.21. The van der Waals surface area contributed by atoms with E-state index in [-0.39, 0.29) is 0 Å². The predicted molar refractivity (Wildman–Crippen MR) is 80.6 cm³/mol. The van der Waals surface area contributed by atoms with E-state index in [1.54, 1.807) is 7.11 Å². The Morgan fingerprint density at radius 3 is 2.63 bits per heavy atom. The Morgan fingerprint density at radius 2 is 1.95 bits per heavy atom. The highest BCUT2D eigenvalue weighted by atomic mass is 32.2. The summed E-state index contributed by atoms with van der Waals surface area (Å²) in [7, 11) is 1.72. The number of rotatable bonds is 4. The zero-order chi connectivity index (χ0) is 13.1. The molecule has 2 nitrogen and oxygen atoms in total. The fourth-order valence-corrected chi connectivity index (χ4v) is 4.28. The van der Waals surface area contributed by atoms with Gasteiger partial charge in [0.05, 0.1) is 13.2 Å². The summed E-state index contributed by atoms with van der Waals surface area (Å²) >= 11 is 2.05. The molecule has 19 heavy (non-hydrogen) atoms. The summed E-state index contributed by atoms with van der Waals surface area (Å²) in [5.74, 6) is 5.05. The maximum Gasteiger partial charge on any atom is 0.161 e. The van der Waals surface area contributed by atoms with Crippen molar-refractivity contribution in [1.29, 1.82) is 0 Å². The van der Waals surface area contributed by atoms with Crippen molar-refractivity contribution in [1.82, 2.24) is 0 Å². The second-order valence-electron chi connectivity index (χ2n) is 5.50. The standard InChI is InChI=1S/C16H22O2S/c1-17-15-7-6-12(13-8-9-19-11-13)10-16(15)18-14-4-2-3-5-14/h6-7,10,13-14H,2-5,8-9,11H2,1H3. The minimum atomic E-state index is 0.391. The molecular formula is C16H22O2S. The van der Waals surface area contributed by atoms with Crippen LogP contribution in [0, 0.1) is 0 Å². The Hall–Kier alpha value is -0.830. The van der Waals surface area contributed by atoms with E-state index in [0.717, 1.165) is 11.5 Å². The molecule has 0 N–H and O–H groups in total. The third kappa shape index (κ3) is 3.02. The summed E-state index contributed by atoms with van der Waals surface area (Å²) in [6, 6.07) is 6.49. The maximum atomic E-state index is 6.17. The van der Waals surface area contributed by atoms with Gasteiger partial charge in [0, 0.05) is 5.75 Å². The van der Waals surface area contributed by atoms with Gasteiger partial charge in [-0.2, -0.15) is 11.8 Å². The van der Waals surface area contributed by atoms with Crippen LogP contribution in [-0.4, -0.2) is 24.7 Å². The molecule has 3 rings (SSSR count). The quantitative estimate of drug-likeness (QED) is 0.821. The first-order chi connectivity index (χ1) is 9.36. The molecule has 0 bridgehead atoms. The summed E-state index contributed by atoms with van der Waals surface area (Å²) in [6.07, 6.45) is 6.65. The van der Waals surface area contributed by atoms with Gasteiger partial charge in [-0.25, -0.2) is 0 Å². The highest BCUT2D eigenvalue weighted by Crippen LogP contribution is 2.38. The zero-order valence-corrected chi connectivity index (χ0v) is 12.4. The van der Waals surface area contributed by atoms with E-state index in [1.807, 2.05) is 0 Å². The highest BCUT2D eigenvalue weighted by Gasteiger charge is 2.22. The molecule has 104 valence electrons. The van der Waals surface area contributed by atoms with Crippen molar-refractivity contribution in [3.8, 4) is 11.5 Å². The Labute approximate surface area is 119 Å². The van der Waals surface area contributed by atoms with E-state index in [4.69, 9.17) is 9.47 Å². The number of benzene rings is 1. The first kappa shape index (κ1) is 13.2. The minimum absolute atomic E-state index is 0.391.